The molecular weight excluding hydrogens is 408 g/mol. The second-order valence-electron chi connectivity index (χ2n) is 6.07. The Bertz CT molecular complexity index is 1030. The fourth-order valence-corrected chi connectivity index (χ4v) is 3.70. The lowest BCUT2D eigenvalue weighted by atomic mass is 10.2. The van der Waals surface area contributed by atoms with Gasteiger partial charge in [-0.05, 0) is 27.6 Å². The largest absolute Gasteiger partial charge is 0.489 e. The lowest BCUT2D eigenvalue weighted by Crippen LogP contribution is -2.08. The van der Waals surface area contributed by atoms with E-state index in [9.17, 15) is 0 Å². The van der Waals surface area contributed by atoms with Crippen molar-refractivity contribution in [1.29, 1.82) is 0 Å². The lowest BCUT2D eigenvalue weighted by Gasteiger charge is -2.14. The van der Waals surface area contributed by atoms with Crippen LogP contribution in [0.15, 0.2) is 65.8 Å². The molecule has 0 atom stereocenters. The molecule has 27 heavy (non-hydrogen) atoms. The average molecular weight is 427 g/mol. The Balaban J connectivity index is 1.85. The van der Waals surface area contributed by atoms with Crippen molar-refractivity contribution in [3.05, 3.63) is 71.4 Å². The first-order valence-corrected chi connectivity index (χ1v) is 9.39. The molecule has 0 spiro atoms. The van der Waals surface area contributed by atoms with Crippen LogP contribution in [-0.2, 0) is 11.3 Å². The Hall–Kier alpha value is -2.64. The van der Waals surface area contributed by atoms with E-state index < -0.39 is 0 Å². The molecule has 0 radical (unpaired) electrons. The number of aromatic nitrogens is 4. The highest BCUT2D eigenvalue weighted by molar-refractivity contribution is 9.10. The maximum atomic E-state index is 6.01. The van der Waals surface area contributed by atoms with Gasteiger partial charge in [-0.15, -0.1) is 0 Å². The summed E-state index contributed by atoms with van der Waals surface area (Å²) in [6.45, 7) is 1.66. The van der Waals surface area contributed by atoms with E-state index in [-0.39, 0.29) is 0 Å². The second-order valence-corrected chi connectivity index (χ2v) is 6.92. The molecule has 4 rings (SSSR count). The van der Waals surface area contributed by atoms with Crippen molar-refractivity contribution in [3.8, 4) is 11.4 Å². The molecule has 0 saturated carbocycles. The van der Waals surface area contributed by atoms with E-state index in [1.165, 1.54) is 5.56 Å². The topological polar surface area (TPSA) is 54.1 Å². The van der Waals surface area contributed by atoms with E-state index >= 15 is 0 Å². The van der Waals surface area contributed by atoms with E-state index in [0.717, 1.165) is 26.8 Å². The first-order valence-electron chi connectivity index (χ1n) is 8.60. The van der Waals surface area contributed by atoms with Crippen LogP contribution in [0, 0.1) is 0 Å². The minimum Gasteiger partial charge on any atom is -0.489 e. The molecule has 0 fully saturated rings. The Morgan fingerprint density at radius 3 is 2.74 bits per heavy atom. The third-order valence-corrected chi connectivity index (χ3v) is 4.90. The van der Waals surface area contributed by atoms with Crippen molar-refractivity contribution in [1.82, 2.24) is 19.3 Å². The molecule has 4 aromatic rings. The molecule has 0 aliphatic heterocycles. The number of benzene rings is 2. The van der Waals surface area contributed by atoms with Crippen molar-refractivity contribution in [3.63, 3.8) is 0 Å². The SMILES string of the molecule is COCCOc1cc(Br)c(-n2ccnc2)c2cnn(Cc3ccccc3)c12. The maximum Gasteiger partial charge on any atom is 0.146 e. The van der Waals surface area contributed by atoms with Crippen LogP contribution < -0.4 is 4.74 Å². The van der Waals surface area contributed by atoms with E-state index in [0.29, 0.717) is 19.8 Å². The zero-order chi connectivity index (χ0) is 18.6. The van der Waals surface area contributed by atoms with E-state index in [4.69, 9.17) is 9.47 Å². The van der Waals surface area contributed by atoms with Gasteiger partial charge in [0.05, 0.1) is 31.4 Å². The number of imidazole rings is 1. The fourth-order valence-electron chi connectivity index (χ4n) is 3.07. The number of hydrogen-bond acceptors (Lipinski definition) is 4. The van der Waals surface area contributed by atoms with E-state index in [2.05, 4.69) is 38.1 Å². The predicted octanol–water partition coefficient (Wildman–Crippen LogP) is 4.06. The number of halogens is 1. The van der Waals surface area contributed by atoms with Gasteiger partial charge in [-0.25, -0.2) is 4.98 Å². The van der Waals surface area contributed by atoms with Crippen LogP contribution in [0.2, 0.25) is 0 Å². The van der Waals surface area contributed by atoms with Gasteiger partial charge in [-0.1, -0.05) is 30.3 Å². The lowest BCUT2D eigenvalue weighted by molar-refractivity contribution is 0.147. The fraction of sp³-hybridized carbons (Fsp3) is 0.200. The Morgan fingerprint density at radius 2 is 2.00 bits per heavy atom. The van der Waals surface area contributed by atoms with Gasteiger partial charge >= 0.3 is 0 Å². The molecule has 138 valence electrons. The number of fused-ring (bicyclic) bond motifs is 1. The Morgan fingerprint density at radius 1 is 1.15 bits per heavy atom. The highest BCUT2D eigenvalue weighted by atomic mass is 79.9. The molecule has 0 amide bonds. The van der Waals surface area contributed by atoms with Gasteiger partial charge in [0.1, 0.15) is 17.9 Å². The third-order valence-electron chi connectivity index (χ3n) is 4.29. The van der Waals surface area contributed by atoms with Gasteiger partial charge in [0.15, 0.2) is 0 Å². The Kier molecular flexibility index (Phi) is 5.22. The smallest absolute Gasteiger partial charge is 0.146 e. The van der Waals surface area contributed by atoms with Crippen LogP contribution in [0.5, 0.6) is 5.75 Å². The summed E-state index contributed by atoms with van der Waals surface area (Å²) in [5, 5.41) is 5.63. The summed E-state index contributed by atoms with van der Waals surface area (Å²) >= 11 is 3.68. The van der Waals surface area contributed by atoms with Gasteiger partial charge in [0, 0.05) is 29.4 Å². The normalized spacial score (nSPS) is 11.2. The van der Waals surface area contributed by atoms with Crippen LogP contribution in [-0.4, -0.2) is 39.7 Å². The molecule has 0 unspecified atom stereocenters. The molecule has 7 heteroatoms. The van der Waals surface area contributed by atoms with E-state index in [1.807, 2.05) is 45.9 Å². The number of methoxy groups -OCH3 is 1. The summed E-state index contributed by atoms with van der Waals surface area (Å²) in [4.78, 5) is 4.17. The Labute approximate surface area is 165 Å². The molecule has 2 aromatic carbocycles. The standard InChI is InChI=1S/C20H19BrN4O2/c1-26-9-10-27-18-11-17(21)19(24-8-7-22-14-24)16-12-23-25(20(16)18)13-15-5-3-2-4-6-15/h2-8,11-12,14H,9-10,13H2,1H3. The first kappa shape index (κ1) is 17.8. The molecule has 0 N–H and O–H groups in total. The van der Waals surface area contributed by atoms with Gasteiger partial charge in [0.25, 0.3) is 0 Å². The van der Waals surface area contributed by atoms with Crippen LogP contribution >= 0.6 is 15.9 Å². The van der Waals surface area contributed by atoms with E-state index in [1.54, 1.807) is 19.6 Å². The van der Waals surface area contributed by atoms with Crippen molar-refractivity contribution < 1.29 is 9.47 Å². The van der Waals surface area contributed by atoms with Crippen LogP contribution in [0.4, 0.5) is 0 Å². The summed E-state index contributed by atoms with van der Waals surface area (Å²) in [7, 11) is 1.66. The minimum absolute atomic E-state index is 0.471. The summed E-state index contributed by atoms with van der Waals surface area (Å²) in [5.74, 6) is 0.770. The van der Waals surface area contributed by atoms with Crippen LogP contribution in [0.25, 0.3) is 16.6 Å². The van der Waals surface area contributed by atoms with Crippen molar-refractivity contribution in [2.45, 2.75) is 6.54 Å². The third kappa shape index (κ3) is 3.61. The minimum atomic E-state index is 0.471. The van der Waals surface area contributed by atoms with Gasteiger partial charge in [0.2, 0.25) is 0 Å². The zero-order valence-corrected chi connectivity index (χ0v) is 16.5. The molecule has 0 aliphatic carbocycles. The number of hydrogen-bond donors (Lipinski definition) is 0. The summed E-state index contributed by atoms with van der Waals surface area (Å²) < 4.78 is 16.0. The average Bonchev–Trinajstić information content (AvgIpc) is 3.34. The molecule has 6 nitrogen and oxygen atoms in total. The van der Waals surface area contributed by atoms with Gasteiger partial charge in [-0.2, -0.15) is 5.10 Å². The number of ether oxygens (including phenoxy) is 2. The summed E-state index contributed by atoms with van der Waals surface area (Å²) in [6.07, 6.45) is 7.33. The molecule has 0 aliphatic rings. The van der Waals surface area contributed by atoms with Crippen molar-refractivity contribution >= 4 is 26.8 Å². The van der Waals surface area contributed by atoms with Gasteiger partial charge in [-0.3, -0.25) is 4.68 Å². The summed E-state index contributed by atoms with van der Waals surface area (Å²) in [6, 6.07) is 12.2. The van der Waals surface area contributed by atoms with Crippen molar-refractivity contribution in [2.24, 2.45) is 0 Å². The maximum absolute atomic E-state index is 6.01. The number of rotatable bonds is 7. The molecular formula is C20H19BrN4O2. The monoisotopic (exact) mass is 426 g/mol. The number of nitrogens with zero attached hydrogens (tertiary/aromatic N) is 4. The first-order chi connectivity index (χ1) is 13.3. The molecule has 2 heterocycles. The predicted molar refractivity (Wildman–Crippen MR) is 107 cm³/mol. The zero-order valence-electron chi connectivity index (χ0n) is 14.9. The van der Waals surface area contributed by atoms with Crippen LogP contribution in [0.1, 0.15) is 5.56 Å². The second kappa shape index (κ2) is 7.94. The van der Waals surface area contributed by atoms with Gasteiger partial charge < -0.3 is 14.0 Å². The summed E-state index contributed by atoms with van der Waals surface area (Å²) in [5.41, 5.74) is 3.11. The van der Waals surface area contributed by atoms with Crippen molar-refractivity contribution in [2.75, 3.05) is 20.3 Å². The highest BCUT2D eigenvalue weighted by Crippen LogP contribution is 2.37. The molecule has 0 bridgehead atoms. The van der Waals surface area contributed by atoms with Crippen LogP contribution in [0.3, 0.4) is 0 Å². The quantitative estimate of drug-likeness (QED) is 0.418. The molecule has 0 saturated heterocycles. The highest BCUT2D eigenvalue weighted by Gasteiger charge is 2.18. The molecule has 2 aromatic heterocycles.